The highest BCUT2D eigenvalue weighted by atomic mass is 32.2. The number of phenolic OH excluding ortho intramolecular Hbond substituents is 1. The standard InChI is InChI=1S/C94H119F4N17O20S/c1-7-8-24-73-93(134)115-39-18-26-72(115)88(129)108-68(47-79(121)122)86(127)110-81(52(2)3)94(135)112(5)74(44-53-19-10-9-11-20-53)89(130)105-65(35-36-78(119)120)91(132)114-38-17-15-25-71(114)87(128)107-67(46-57-48-101-63-22-13-12-21-60(57)63)85(126)106-66(42-54-29-33-59(116)34-30-54)84(125)104-64(23-14-16-37-99)83(124)109-70(82(123)102-49-76(100)117)50-136-51-77(118)103-69(43-56-40-61(96)80(98)62(97)41-56)90(131)113(6)75(92(133)111(73)4)45-55-27-31-58(95)32-28-55/h9-13,19-22,27-34,40-41,48,52,64-75,81,101,116H,7-8,14-18,23-26,35-39,42-47,49-51,99H2,1-6H3,(H2,100,117)(H,102,123)(H,103,118)(H,104,125)(H,105,130)(H,106,126)(H,107,128)(H,108,129)(H,109,124)(H,110,127)(H,119,120)(H,121,122)/t64-,65-,66-,67-,68-,69-,70-,71+,72+,73-,74-,75-,81-/m0/s1. The second kappa shape index (κ2) is 50.7. The minimum Gasteiger partial charge on any atom is -0.508 e. The van der Waals surface area contributed by atoms with Crippen LogP contribution in [0.4, 0.5) is 17.6 Å². The summed E-state index contributed by atoms with van der Waals surface area (Å²) in [6, 6.07) is 4.54. The lowest BCUT2D eigenvalue weighted by Gasteiger charge is -2.38. The molecule has 15 amide bonds. The van der Waals surface area contributed by atoms with Crippen molar-refractivity contribution in [1.82, 2.24) is 77.3 Å². The minimum atomic E-state index is -1.99. The molecule has 42 heteroatoms. The molecule has 1 aromatic heterocycles. The highest BCUT2D eigenvalue weighted by Crippen LogP contribution is 2.29. The number of para-hydroxylation sites is 1. The van der Waals surface area contributed by atoms with Crippen LogP contribution in [0, 0.1) is 29.2 Å². The molecule has 3 fully saturated rings. The quantitative estimate of drug-likeness (QED) is 0.0210. The number of unbranched alkanes of at least 4 members (excludes halogenated alkanes) is 2. The molecule has 3 aliphatic rings. The molecule has 5 aromatic carbocycles. The number of nitrogens with one attached hydrogen (secondary N) is 10. The molecule has 0 aliphatic carbocycles. The van der Waals surface area contributed by atoms with E-state index in [-0.39, 0.29) is 108 Å². The summed E-state index contributed by atoms with van der Waals surface area (Å²) in [4.78, 5) is 259. The van der Waals surface area contributed by atoms with Crippen LogP contribution in [-0.4, -0.2) is 283 Å². The number of piperidine rings is 1. The Hall–Kier alpha value is -13.5. The van der Waals surface area contributed by atoms with Gasteiger partial charge in [0.15, 0.2) is 17.5 Å². The fraction of sp³-hybridized carbons (Fsp3) is 0.479. The van der Waals surface area contributed by atoms with Gasteiger partial charge in [0.1, 0.15) is 90.1 Å². The van der Waals surface area contributed by atoms with Crippen LogP contribution in [0.3, 0.4) is 0 Å². The number of aliphatic carboxylic acids is 2. The highest BCUT2D eigenvalue weighted by Gasteiger charge is 2.46. The third-order valence-electron chi connectivity index (χ3n) is 24.2. The third-order valence-corrected chi connectivity index (χ3v) is 25.3. The Morgan fingerprint density at radius 1 is 0.507 bits per heavy atom. The monoisotopic (exact) mass is 1910 g/mol. The summed E-state index contributed by atoms with van der Waals surface area (Å²) in [5, 5.41) is 54.9. The van der Waals surface area contributed by atoms with E-state index in [0.29, 0.717) is 64.3 Å². The average Bonchev–Trinajstić information content (AvgIpc) is 1.38. The summed E-state index contributed by atoms with van der Waals surface area (Å²) in [5.74, 6) is -26.9. The summed E-state index contributed by atoms with van der Waals surface area (Å²) >= 11 is 0.630. The van der Waals surface area contributed by atoms with Crippen LogP contribution < -0.4 is 59.3 Å². The van der Waals surface area contributed by atoms with Gasteiger partial charge in [-0.05, 0) is 147 Å². The Labute approximate surface area is 787 Å². The number of nitrogens with two attached hydrogens (primary N) is 2. The number of benzene rings is 5. The van der Waals surface area contributed by atoms with Crippen LogP contribution in [-0.2, 0) is 114 Å². The number of aromatic hydroxyl groups is 1. The van der Waals surface area contributed by atoms with Crippen LogP contribution in [0.15, 0.2) is 121 Å². The Kier molecular flexibility index (Phi) is 39.6. The largest absolute Gasteiger partial charge is 0.508 e. The smallest absolute Gasteiger partial charge is 0.305 e. The lowest BCUT2D eigenvalue weighted by Crippen LogP contribution is -2.63. The first-order chi connectivity index (χ1) is 64.7. The first kappa shape index (κ1) is 106. The molecule has 0 radical (unpaired) electrons. The fourth-order valence-electron chi connectivity index (χ4n) is 16.7. The molecule has 13 atom stereocenters. The molecule has 3 saturated heterocycles. The Balaban J connectivity index is 1.15. The highest BCUT2D eigenvalue weighted by molar-refractivity contribution is 8.00. The first-order valence-corrected chi connectivity index (χ1v) is 46.3. The number of rotatable bonds is 26. The van der Waals surface area contributed by atoms with Gasteiger partial charge in [-0.25, -0.2) is 17.6 Å². The van der Waals surface area contributed by atoms with E-state index in [2.05, 4.69) is 52.8 Å². The second-order valence-corrected chi connectivity index (χ2v) is 35.6. The van der Waals surface area contributed by atoms with Gasteiger partial charge in [-0.2, -0.15) is 0 Å². The minimum absolute atomic E-state index is 0.0653. The van der Waals surface area contributed by atoms with Crippen molar-refractivity contribution in [3.05, 3.63) is 173 Å². The second-order valence-electron chi connectivity index (χ2n) is 34.5. The molecule has 0 spiro atoms. The number of hydrogen-bond donors (Lipinski definition) is 15. The van der Waals surface area contributed by atoms with Gasteiger partial charge in [0.05, 0.1) is 18.7 Å². The molecule has 734 valence electrons. The fourth-order valence-corrected chi connectivity index (χ4v) is 17.6. The van der Waals surface area contributed by atoms with E-state index in [0.717, 1.165) is 43.7 Å². The molecule has 9 rings (SSSR count). The zero-order valence-corrected chi connectivity index (χ0v) is 77.2. The van der Waals surface area contributed by atoms with Gasteiger partial charge >= 0.3 is 11.9 Å². The number of carbonyl (C=O) groups excluding carboxylic acids is 15. The summed E-state index contributed by atoms with van der Waals surface area (Å²) in [7, 11) is 3.56. The number of carboxylic acids is 2. The normalized spacial score (nSPS) is 23.4. The third kappa shape index (κ3) is 29.7. The van der Waals surface area contributed by atoms with Crippen LogP contribution >= 0.6 is 11.8 Å². The van der Waals surface area contributed by atoms with Crippen molar-refractivity contribution in [3.8, 4) is 5.75 Å². The average molecular weight is 1920 g/mol. The van der Waals surface area contributed by atoms with Gasteiger partial charge in [-0.3, -0.25) is 81.5 Å². The zero-order chi connectivity index (χ0) is 99.3. The molecule has 37 nitrogen and oxygen atoms in total. The number of aromatic nitrogens is 1. The van der Waals surface area contributed by atoms with E-state index in [1.54, 1.807) is 67.7 Å². The number of aromatic amines is 1. The first-order valence-electron chi connectivity index (χ1n) is 45.1. The Bertz CT molecular complexity index is 5270. The maximum atomic E-state index is 15.7. The molecular formula is C94H119F4N17O20S. The van der Waals surface area contributed by atoms with Crippen molar-refractivity contribution in [3.63, 3.8) is 0 Å². The number of hydrogen-bond acceptors (Lipinski definition) is 20. The van der Waals surface area contributed by atoms with E-state index >= 15 is 56.7 Å². The zero-order valence-electron chi connectivity index (χ0n) is 76.4. The van der Waals surface area contributed by atoms with Crippen molar-refractivity contribution < 1.29 is 114 Å². The van der Waals surface area contributed by atoms with Gasteiger partial charge in [-0.15, -0.1) is 11.8 Å². The number of carboxylic acid groups (broad SMARTS) is 2. The van der Waals surface area contributed by atoms with Crippen LogP contribution in [0.25, 0.3) is 10.9 Å². The van der Waals surface area contributed by atoms with Gasteiger partial charge in [0, 0.05) is 95.6 Å². The van der Waals surface area contributed by atoms with Crippen molar-refractivity contribution in [2.75, 3.05) is 58.8 Å². The number of halogens is 4. The van der Waals surface area contributed by atoms with Gasteiger partial charge < -0.3 is 104 Å². The number of phenols is 1. The number of primary amides is 1. The summed E-state index contributed by atoms with van der Waals surface area (Å²) in [6.45, 7) is 3.76. The van der Waals surface area contributed by atoms with Gasteiger partial charge in [-0.1, -0.05) is 106 Å². The Morgan fingerprint density at radius 3 is 1.69 bits per heavy atom. The SMILES string of the molecule is CCCC[C@H]1C(=O)N2CCC[C@@H]2C(=O)N[C@@H](CC(=O)O)C(=O)N[C@@H](C(C)C)C(=O)N(C)[C@@H](Cc2ccccc2)C(=O)N[C@@H](CCC(=O)O)C(=O)N2CCCC[C@@H]2C(=O)N[C@@H](Cc2c[nH]c3ccccc23)C(=O)N[C@@H](Cc2ccc(O)cc2)C(=O)N[C@@H](CCCCN)C(=O)N[C@H](C(=O)NCC(N)=O)CSCC(=O)N[C@@H](Cc2cc(F)c(F)c(F)c2)C(=O)N(C)[C@@H](Cc2ccc(F)cc2)C(=O)N1C. The van der Waals surface area contributed by atoms with E-state index in [1.165, 1.54) is 64.3 Å². The number of likely N-dealkylation sites (N-methyl/N-ethyl adjacent to an activating group) is 3. The molecule has 136 heavy (non-hydrogen) atoms. The molecule has 17 N–H and O–H groups in total. The molecular weight excluding hydrogens is 1800 g/mol. The van der Waals surface area contributed by atoms with E-state index in [1.807, 2.05) is 0 Å². The van der Waals surface area contributed by atoms with Gasteiger partial charge in [0.2, 0.25) is 88.6 Å². The molecule has 3 aliphatic heterocycles. The molecule has 0 unspecified atom stereocenters. The predicted octanol–water partition coefficient (Wildman–Crippen LogP) is 2.34. The topological polar surface area (TPSA) is 543 Å². The molecule has 0 bridgehead atoms. The van der Waals surface area contributed by atoms with Crippen molar-refractivity contribution in [2.24, 2.45) is 17.4 Å². The predicted molar refractivity (Wildman–Crippen MR) is 489 cm³/mol. The maximum absolute atomic E-state index is 15.7. The summed E-state index contributed by atoms with van der Waals surface area (Å²) in [5.41, 5.74) is 13.0. The number of carbonyl (C=O) groups is 17. The molecule has 0 saturated carbocycles. The lowest BCUT2D eigenvalue weighted by atomic mass is 9.97. The van der Waals surface area contributed by atoms with Crippen molar-refractivity contribution in [1.29, 1.82) is 0 Å². The van der Waals surface area contributed by atoms with E-state index in [4.69, 9.17) is 11.5 Å². The summed E-state index contributed by atoms with van der Waals surface area (Å²) < 4.78 is 59.8. The number of nitrogens with zero attached hydrogens (tertiary/aromatic N) is 5. The number of thioether (sulfide) groups is 1. The molecule has 4 heterocycles. The van der Waals surface area contributed by atoms with Crippen LogP contribution in [0.1, 0.15) is 138 Å². The molecule has 6 aromatic rings. The van der Waals surface area contributed by atoms with Crippen molar-refractivity contribution >= 4 is 123 Å². The van der Waals surface area contributed by atoms with E-state index < -0.39 is 264 Å². The van der Waals surface area contributed by atoms with Crippen molar-refractivity contribution in [2.45, 2.75) is 221 Å². The Morgan fingerprint density at radius 2 is 1.05 bits per heavy atom. The van der Waals surface area contributed by atoms with Crippen LogP contribution in [0.2, 0.25) is 0 Å². The van der Waals surface area contributed by atoms with Gasteiger partial charge in [0.25, 0.3) is 0 Å². The lowest BCUT2D eigenvalue weighted by molar-refractivity contribution is -0.152. The summed E-state index contributed by atoms with van der Waals surface area (Å²) in [6.07, 6.45) is -1.88. The number of amides is 15. The van der Waals surface area contributed by atoms with E-state index in [9.17, 15) is 57.7 Å². The number of H-pyrrole nitrogens is 1. The van der Waals surface area contributed by atoms with Crippen LogP contribution in [0.5, 0.6) is 5.75 Å². The maximum Gasteiger partial charge on any atom is 0.305 e. The number of fused-ring (bicyclic) bond motifs is 3.